The van der Waals surface area contributed by atoms with Crippen molar-refractivity contribution < 1.29 is 10.2 Å². The van der Waals surface area contributed by atoms with Crippen LogP contribution >= 0.6 is 11.6 Å². The van der Waals surface area contributed by atoms with E-state index in [4.69, 9.17) is 11.6 Å². The Bertz CT molecular complexity index is 311. The number of benzene rings is 1. The van der Waals surface area contributed by atoms with Crippen LogP contribution in [0.25, 0.3) is 0 Å². The van der Waals surface area contributed by atoms with E-state index >= 15 is 0 Å². The fraction of sp³-hybridized carbons (Fsp3) is 0.400. The van der Waals surface area contributed by atoms with Crippen LogP contribution in [0.15, 0.2) is 18.2 Å². The van der Waals surface area contributed by atoms with Crippen LogP contribution in [0.5, 0.6) is 5.75 Å². The zero-order valence-corrected chi connectivity index (χ0v) is 7.88. The number of hydrogen-bond acceptors (Lipinski definition) is 2. The molecule has 70 valence electrons. The van der Waals surface area contributed by atoms with E-state index in [0.29, 0.717) is 17.0 Å². The fourth-order valence-electron chi connectivity index (χ4n) is 1.37. The maximum atomic E-state index is 9.66. The molecule has 0 amide bonds. The Balaban J connectivity index is 2.28. The molecule has 2 nitrogen and oxygen atoms in total. The summed E-state index contributed by atoms with van der Waals surface area (Å²) in [6, 6.07) is 5.01. The van der Waals surface area contributed by atoms with E-state index in [-0.39, 0.29) is 5.75 Å². The van der Waals surface area contributed by atoms with Gasteiger partial charge < -0.3 is 10.2 Å². The van der Waals surface area contributed by atoms with Crippen LogP contribution in [0.1, 0.15) is 18.4 Å². The van der Waals surface area contributed by atoms with Crippen molar-refractivity contribution in [3.05, 3.63) is 28.8 Å². The molecule has 0 saturated heterocycles. The average molecular weight is 199 g/mol. The van der Waals surface area contributed by atoms with E-state index in [9.17, 15) is 10.2 Å². The van der Waals surface area contributed by atoms with Gasteiger partial charge in [0.25, 0.3) is 0 Å². The molecule has 1 saturated carbocycles. The molecule has 0 bridgehead atoms. The van der Waals surface area contributed by atoms with Gasteiger partial charge in [0.05, 0.1) is 5.60 Å². The Labute approximate surface area is 81.8 Å². The highest BCUT2D eigenvalue weighted by atomic mass is 35.5. The van der Waals surface area contributed by atoms with Crippen molar-refractivity contribution in [1.82, 2.24) is 0 Å². The molecule has 0 spiro atoms. The minimum atomic E-state index is -0.609. The first kappa shape index (κ1) is 8.85. The van der Waals surface area contributed by atoms with Crippen LogP contribution in [0.2, 0.25) is 5.02 Å². The average Bonchev–Trinajstić information content (AvgIpc) is 2.78. The Morgan fingerprint density at radius 2 is 2.08 bits per heavy atom. The highest BCUT2D eigenvalue weighted by Gasteiger charge is 2.41. The standard InChI is InChI=1S/C10H11ClO2/c11-8-2-1-3-9(12)7(8)6-10(13)4-5-10/h1-3,12-13H,4-6H2. The molecule has 2 N–H and O–H groups in total. The van der Waals surface area contributed by atoms with Crippen LogP contribution < -0.4 is 0 Å². The second kappa shape index (κ2) is 2.89. The highest BCUT2D eigenvalue weighted by molar-refractivity contribution is 6.31. The summed E-state index contributed by atoms with van der Waals surface area (Å²) in [5.74, 6) is 0.174. The first-order chi connectivity index (χ1) is 6.11. The van der Waals surface area contributed by atoms with Gasteiger partial charge in [0.15, 0.2) is 0 Å². The molecule has 0 aromatic heterocycles. The monoisotopic (exact) mass is 198 g/mol. The molecule has 1 aliphatic rings. The van der Waals surface area contributed by atoms with E-state index in [1.54, 1.807) is 18.2 Å². The van der Waals surface area contributed by atoms with Crippen LogP contribution in [-0.2, 0) is 6.42 Å². The summed E-state index contributed by atoms with van der Waals surface area (Å²) < 4.78 is 0. The number of halogens is 1. The van der Waals surface area contributed by atoms with Crippen molar-refractivity contribution >= 4 is 11.6 Å². The maximum Gasteiger partial charge on any atom is 0.120 e. The van der Waals surface area contributed by atoms with E-state index < -0.39 is 5.60 Å². The minimum absolute atomic E-state index is 0.174. The van der Waals surface area contributed by atoms with E-state index in [1.165, 1.54) is 0 Å². The largest absolute Gasteiger partial charge is 0.508 e. The molecule has 1 fully saturated rings. The van der Waals surface area contributed by atoms with Gasteiger partial charge >= 0.3 is 0 Å². The summed E-state index contributed by atoms with van der Waals surface area (Å²) in [5.41, 5.74) is 0.0480. The van der Waals surface area contributed by atoms with Crippen molar-refractivity contribution in [2.45, 2.75) is 24.9 Å². The van der Waals surface area contributed by atoms with Gasteiger partial charge in [-0.1, -0.05) is 17.7 Å². The van der Waals surface area contributed by atoms with E-state index in [0.717, 1.165) is 12.8 Å². The summed E-state index contributed by atoms with van der Waals surface area (Å²) in [4.78, 5) is 0. The van der Waals surface area contributed by atoms with Gasteiger partial charge in [-0.25, -0.2) is 0 Å². The quantitative estimate of drug-likeness (QED) is 0.764. The number of aliphatic hydroxyl groups is 1. The summed E-state index contributed by atoms with van der Waals surface area (Å²) >= 11 is 5.89. The summed E-state index contributed by atoms with van der Waals surface area (Å²) in [5, 5.41) is 19.7. The lowest BCUT2D eigenvalue weighted by Crippen LogP contribution is -2.11. The van der Waals surface area contributed by atoms with Crippen molar-refractivity contribution in [2.24, 2.45) is 0 Å². The molecule has 1 aliphatic carbocycles. The topological polar surface area (TPSA) is 40.5 Å². The first-order valence-electron chi connectivity index (χ1n) is 4.29. The lowest BCUT2D eigenvalue weighted by atomic mass is 10.1. The van der Waals surface area contributed by atoms with Gasteiger partial charge in [0.1, 0.15) is 5.75 Å². The summed E-state index contributed by atoms with van der Waals surface area (Å²) in [6.07, 6.45) is 2.06. The first-order valence-corrected chi connectivity index (χ1v) is 4.67. The maximum absolute atomic E-state index is 9.66. The normalized spacial score (nSPS) is 18.6. The Hall–Kier alpha value is -0.730. The highest BCUT2D eigenvalue weighted by Crippen LogP contribution is 2.41. The molecule has 3 heteroatoms. The Kier molecular flexibility index (Phi) is 1.97. The second-order valence-corrected chi connectivity index (χ2v) is 4.05. The lowest BCUT2D eigenvalue weighted by molar-refractivity contribution is 0.150. The third kappa shape index (κ3) is 1.79. The minimum Gasteiger partial charge on any atom is -0.508 e. The number of phenols is 1. The van der Waals surface area contributed by atoms with Crippen LogP contribution in [0.3, 0.4) is 0 Å². The molecule has 0 heterocycles. The van der Waals surface area contributed by atoms with Crippen LogP contribution in [0, 0.1) is 0 Å². The van der Waals surface area contributed by atoms with Crippen molar-refractivity contribution in [3.8, 4) is 5.75 Å². The molecule has 13 heavy (non-hydrogen) atoms. The summed E-state index contributed by atoms with van der Waals surface area (Å²) in [7, 11) is 0. The lowest BCUT2D eigenvalue weighted by Gasteiger charge is -2.10. The molecular formula is C10H11ClO2. The number of aromatic hydroxyl groups is 1. The molecule has 0 aliphatic heterocycles. The van der Waals surface area contributed by atoms with Crippen molar-refractivity contribution in [1.29, 1.82) is 0 Å². The molecule has 0 unspecified atom stereocenters. The third-order valence-electron chi connectivity index (χ3n) is 2.43. The predicted molar refractivity (Wildman–Crippen MR) is 51.0 cm³/mol. The molecule has 1 aromatic carbocycles. The van der Waals surface area contributed by atoms with Crippen LogP contribution in [-0.4, -0.2) is 15.8 Å². The predicted octanol–water partition coefficient (Wildman–Crippen LogP) is 2.11. The van der Waals surface area contributed by atoms with Gasteiger partial charge in [-0.3, -0.25) is 0 Å². The van der Waals surface area contributed by atoms with Gasteiger partial charge in [0.2, 0.25) is 0 Å². The van der Waals surface area contributed by atoms with Crippen molar-refractivity contribution in [3.63, 3.8) is 0 Å². The van der Waals surface area contributed by atoms with Gasteiger partial charge in [-0.15, -0.1) is 0 Å². The molecule has 1 aromatic rings. The molecule has 0 atom stereocenters. The Morgan fingerprint density at radius 1 is 1.38 bits per heavy atom. The Morgan fingerprint density at radius 3 is 2.62 bits per heavy atom. The smallest absolute Gasteiger partial charge is 0.120 e. The van der Waals surface area contributed by atoms with Crippen molar-refractivity contribution in [2.75, 3.05) is 0 Å². The zero-order chi connectivity index (χ0) is 9.47. The third-order valence-corrected chi connectivity index (χ3v) is 2.78. The second-order valence-electron chi connectivity index (χ2n) is 3.64. The van der Waals surface area contributed by atoms with Gasteiger partial charge in [-0.2, -0.15) is 0 Å². The number of rotatable bonds is 2. The zero-order valence-electron chi connectivity index (χ0n) is 7.13. The SMILES string of the molecule is Oc1cccc(Cl)c1CC1(O)CC1. The van der Waals surface area contributed by atoms with Gasteiger partial charge in [-0.05, 0) is 25.0 Å². The fourth-order valence-corrected chi connectivity index (χ4v) is 1.61. The molecule has 0 radical (unpaired) electrons. The van der Waals surface area contributed by atoms with Crippen LogP contribution in [0.4, 0.5) is 0 Å². The molecule has 2 rings (SSSR count). The van der Waals surface area contributed by atoms with E-state index in [2.05, 4.69) is 0 Å². The number of hydrogen-bond donors (Lipinski definition) is 2. The van der Waals surface area contributed by atoms with Gasteiger partial charge in [0, 0.05) is 17.0 Å². The summed E-state index contributed by atoms with van der Waals surface area (Å²) in [6.45, 7) is 0. The van der Waals surface area contributed by atoms with E-state index in [1.807, 2.05) is 0 Å². The molecular weight excluding hydrogens is 188 g/mol. The number of phenolic OH excluding ortho intramolecular Hbond substituents is 1.